The van der Waals surface area contributed by atoms with Crippen molar-refractivity contribution in [2.24, 2.45) is 0 Å². The van der Waals surface area contributed by atoms with Crippen LogP contribution in [0.25, 0.3) is 11.1 Å². The van der Waals surface area contributed by atoms with E-state index in [0.717, 1.165) is 47.0 Å². The summed E-state index contributed by atoms with van der Waals surface area (Å²) in [6.45, 7) is 4.71. The van der Waals surface area contributed by atoms with E-state index in [1.54, 1.807) is 0 Å². The van der Waals surface area contributed by atoms with E-state index in [-0.39, 0.29) is 5.41 Å². The molecule has 2 heterocycles. The summed E-state index contributed by atoms with van der Waals surface area (Å²) in [6.07, 6.45) is 9.65. The quantitative estimate of drug-likeness (QED) is 0.186. The number of nitrogens with zero attached hydrogens (tertiary/aromatic N) is 4. The Bertz CT molecular complexity index is 1630. The number of benzene rings is 4. The minimum absolute atomic E-state index is 0.139. The van der Waals surface area contributed by atoms with E-state index in [1.807, 2.05) is 36.9 Å². The average Bonchev–Trinajstić information content (AvgIpc) is 3.30. The minimum Gasteiger partial charge on any atom is -0.309 e. The van der Waals surface area contributed by atoms with Crippen molar-refractivity contribution in [1.29, 1.82) is 0 Å². The molecule has 4 heteroatoms. The molecule has 210 valence electrons. The van der Waals surface area contributed by atoms with Gasteiger partial charge in [0.2, 0.25) is 0 Å². The molecule has 6 aromatic rings. The molecule has 2 aromatic heterocycles. The summed E-state index contributed by atoms with van der Waals surface area (Å²) in [5, 5.41) is 0. The average molecular weight is 559 g/mol. The molecule has 0 amide bonds. The lowest BCUT2D eigenvalue weighted by Crippen LogP contribution is -2.21. The van der Waals surface area contributed by atoms with Crippen LogP contribution in [-0.2, 0) is 5.41 Å². The van der Waals surface area contributed by atoms with Crippen molar-refractivity contribution in [1.82, 2.24) is 9.97 Å². The maximum Gasteiger partial charge on any atom is 0.0644 e. The highest BCUT2D eigenvalue weighted by molar-refractivity contribution is 5.88. The van der Waals surface area contributed by atoms with E-state index in [1.165, 1.54) is 22.3 Å². The lowest BCUT2D eigenvalue weighted by molar-refractivity contribution is 0.524. The van der Waals surface area contributed by atoms with Gasteiger partial charge >= 0.3 is 0 Å². The van der Waals surface area contributed by atoms with Crippen molar-refractivity contribution in [3.63, 3.8) is 0 Å². The number of para-hydroxylation sites is 2. The van der Waals surface area contributed by atoms with Crippen LogP contribution in [0.5, 0.6) is 0 Å². The van der Waals surface area contributed by atoms with Crippen molar-refractivity contribution < 1.29 is 0 Å². The predicted octanol–water partition coefficient (Wildman–Crippen LogP) is 10.5. The monoisotopic (exact) mass is 558 g/mol. The van der Waals surface area contributed by atoms with Gasteiger partial charge in [0.05, 0.1) is 23.8 Å². The molecule has 1 aliphatic carbocycles. The molecule has 0 N–H and O–H groups in total. The fraction of sp³-hybridized carbons (Fsp3) is 0.128. The van der Waals surface area contributed by atoms with Gasteiger partial charge in [0, 0.05) is 40.6 Å². The van der Waals surface area contributed by atoms with Crippen LogP contribution in [0, 0.1) is 0 Å². The molecule has 0 unspecified atom stereocenters. The molecular weight excluding hydrogens is 524 g/mol. The first-order chi connectivity index (χ1) is 21.2. The number of hydrogen-bond donors (Lipinski definition) is 0. The summed E-state index contributed by atoms with van der Waals surface area (Å²) in [7, 11) is 0. The van der Waals surface area contributed by atoms with Crippen molar-refractivity contribution >= 4 is 34.1 Å². The van der Waals surface area contributed by atoms with Gasteiger partial charge in [-0.05, 0) is 101 Å². The largest absolute Gasteiger partial charge is 0.309 e. The fourth-order valence-electron chi connectivity index (χ4n) is 6.66. The van der Waals surface area contributed by atoms with E-state index in [4.69, 9.17) is 0 Å². The summed E-state index contributed by atoms with van der Waals surface area (Å²) >= 11 is 0. The predicted molar refractivity (Wildman–Crippen MR) is 178 cm³/mol. The standard InChI is InChI=1S/C39H34N4/c1-3-22-39(2)37-25-31(42(29-12-6-4-7-13-29)33-16-10-23-40-27-33)18-20-35(37)36-21-19-32(26-38(36)39)43(30-14-8-5-9-15-30)34-17-11-24-41-28-34/h4-21,23-28H,3,22H2,1-2H3. The SMILES string of the molecule is CCCC1(C)c2cc(N(c3ccccc3)c3cccnc3)ccc2-c2ccc(N(c3ccccc3)c3cccnc3)cc21. The Labute approximate surface area is 253 Å². The number of anilines is 6. The Morgan fingerprint density at radius 3 is 1.35 bits per heavy atom. The van der Waals surface area contributed by atoms with Gasteiger partial charge in [0.15, 0.2) is 0 Å². The molecule has 0 bridgehead atoms. The smallest absolute Gasteiger partial charge is 0.0644 e. The molecule has 0 aliphatic heterocycles. The first kappa shape index (κ1) is 26.7. The van der Waals surface area contributed by atoms with E-state index >= 15 is 0 Å². The molecule has 4 aromatic carbocycles. The highest BCUT2D eigenvalue weighted by atomic mass is 15.2. The molecule has 4 nitrogen and oxygen atoms in total. The highest BCUT2D eigenvalue weighted by Crippen LogP contribution is 2.54. The lowest BCUT2D eigenvalue weighted by atomic mass is 9.76. The van der Waals surface area contributed by atoms with Crippen molar-refractivity contribution in [2.75, 3.05) is 9.80 Å². The first-order valence-corrected chi connectivity index (χ1v) is 15.0. The molecule has 0 saturated heterocycles. The van der Waals surface area contributed by atoms with Crippen LogP contribution < -0.4 is 9.80 Å². The minimum atomic E-state index is -0.139. The third-order valence-corrected chi connectivity index (χ3v) is 8.59. The summed E-state index contributed by atoms with van der Waals surface area (Å²) in [4.78, 5) is 13.5. The number of aromatic nitrogens is 2. The summed E-state index contributed by atoms with van der Waals surface area (Å²) in [5.74, 6) is 0. The molecule has 43 heavy (non-hydrogen) atoms. The second kappa shape index (κ2) is 11.2. The third kappa shape index (κ3) is 4.75. The van der Waals surface area contributed by atoms with Gasteiger partial charge < -0.3 is 9.80 Å². The Balaban J connectivity index is 1.37. The normalized spacial score (nSPS) is 12.8. The second-order valence-electron chi connectivity index (χ2n) is 11.3. The zero-order valence-electron chi connectivity index (χ0n) is 24.6. The van der Waals surface area contributed by atoms with Gasteiger partial charge in [0.1, 0.15) is 0 Å². The Morgan fingerprint density at radius 1 is 0.512 bits per heavy atom. The molecule has 0 radical (unpaired) electrons. The van der Waals surface area contributed by atoms with Gasteiger partial charge in [-0.3, -0.25) is 9.97 Å². The van der Waals surface area contributed by atoms with Gasteiger partial charge in [-0.15, -0.1) is 0 Å². The van der Waals surface area contributed by atoms with Crippen LogP contribution in [0.2, 0.25) is 0 Å². The van der Waals surface area contributed by atoms with Crippen LogP contribution in [0.15, 0.2) is 146 Å². The number of pyridine rings is 2. The van der Waals surface area contributed by atoms with Crippen LogP contribution in [0.4, 0.5) is 34.1 Å². The van der Waals surface area contributed by atoms with Crippen LogP contribution >= 0.6 is 0 Å². The Hall–Kier alpha value is -5.22. The van der Waals surface area contributed by atoms with Crippen LogP contribution in [0.1, 0.15) is 37.8 Å². The zero-order chi connectivity index (χ0) is 29.2. The number of fused-ring (bicyclic) bond motifs is 3. The summed E-state index contributed by atoms with van der Waals surface area (Å²) in [6, 6.07) is 43.3. The second-order valence-corrected chi connectivity index (χ2v) is 11.3. The lowest BCUT2D eigenvalue weighted by Gasteiger charge is -2.31. The van der Waals surface area contributed by atoms with E-state index < -0.39 is 0 Å². The Kier molecular flexibility index (Phi) is 6.96. The molecule has 0 saturated carbocycles. The van der Waals surface area contributed by atoms with Crippen molar-refractivity contribution in [2.45, 2.75) is 32.1 Å². The van der Waals surface area contributed by atoms with Gasteiger partial charge in [-0.2, -0.15) is 0 Å². The van der Waals surface area contributed by atoms with Gasteiger partial charge in [-0.1, -0.05) is 68.8 Å². The van der Waals surface area contributed by atoms with E-state index in [0.29, 0.717) is 0 Å². The summed E-state index contributed by atoms with van der Waals surface area (Å²) < 4.78 is 0. The molecule has 1 aliphatic rings. The molecule has 0 spiro atoms. The first-order valence-electron chi connectivity index (χ1n) is 15.0. The maximum atomic E-state index is 4.44. The Morgan fingerprint density at radius 2 is 0.953 bits per heavy atom. The van der Waals surface area contributed by atoms with Gasteiger partial charge in [-0.25, -0.2) is 0 Å². The van der Waals surface area contributed by atoms with Gasteiger partial charge in [0.25, 0.3) is 0 Å². The van der Waals surface area contributed by atoms with Crippen LogP contribution in [0.3, 0.4) is 0 Å². The van der Waals surface area contributed by atoms with E-state index in [2.05, 4.69) is 143 Å². The topological polar surface area (TPSA) is 32.3 Å². The molecular formula is C39H34N4. The third-order valence-electron chi connectivity index (χ3n) is 8.59. The molecule has 0 atom stereocenters. The number of rotatable bonds is 8. The van der Waals surface area contributed by atoms with Crippen molar-refractivity contribution in [3.05, 3.63) is 157 Å². The highest BCUT2D eigenvalue weighted by Gasteiger charge is 2.39. The van der Waals surface area contributed by atoms with Crippen molar-refractivity contribution in [3.8, 4) is 11.1 Å². The number of hydrogen-bond acceptors (Lipinski definition) is 4. The zero-order valence-corrected chi connectivity index (χ0v) is 24.6. The molecule has 7 rings (SSSR count). The maximum absolute atomic E-state index is 4.44. The van der Waals surface area contributed by atoms with E-state index in [9.17, 15) is 0 Å². The molecule has 0 fully saturated rings. The van der Waals surface area contributed by atoms with Crippen LogP contribution in [-0.4, -0.2) is 9.97 Å². The fourth-order valence-corrected chi connectivity index (χ4v) is 6.66. The summed E-state index contributed by atoms with van der Waals surface area (Å²) in [5.41, 5.74) is 11.8.